The quantitative estimate of drug-likeness (QED) is 0.544. The van der Waals surface area contributed by atoms with Gasteiger partial charge in [0, 0.05) is 28.6 Å². The van der Waals surface area contributed by atoms with E-state index in [1.807, 2.05) is 12.1 Å². The molecule has 0 amide bonds. The van der Waals surface area contributed by atoms with E-state index in [1.54, 1.807) is 11.8 Å². The van der Waals surface area contributed by atoms with Crippen molar-refractivity contribution >= 4 is 17.4 Å². The predicted molar refractivity (Wildman–Crippen MR) is 113 cm³/mol. The summed E-state index contributed by atoms with van der Waals surface area (Å²) in [6.07, 6.45) is 0. The number of aryl methyl sites for hydroxylation is 1. The van der Waals surface area contributed by atoms with Crippen molar-refractivity contribution < 1.29 is 4.39 Å². The minimum atomic E-state index is -0.206. The molecule has 0 aliphatic carbocycles. The van der Waals surface area contributed by atoms with Crippen LogP contribution in [0, 0.1) is 12.7 Å². The normalized spacial score (nSPS) is 11.0. The Morgan fingerprint density at radius 2 is 1.67 bits per heavy atom. The van der Waals surface area contributed by atoms with Crippen LogP contribution in [0.25, 0.3) is 0 Å². The maximum atomic E-state index is 13.1. The first kappa shape index (κ1) is 19.5. The van der Waals surface area contributed by atoms with Gasteiger partial charge in [0.05, 0.1) is 0 Å². The Labute approximate surface area is 165 Å². The number of nitrogens with one attached hydrogen (secondary N) is 1. The number of hydrogen-bond acceptors (Lipinski definition) is 3. The van der Waals surface area contributed by atoms with Crippen LogP contribution in [0.3, 0.4) is 0 Å². The summed E-state index contributed by atoms with van der Waals surface area (Å²) in [7, 11) is 4.17. The first-order valence-corrected chi connectivity index (χ1v) is 9.82. The molecule has 140 valence electrons. The van der Waals surface area contributed by atoms with Gasteiger partial charge in [-0.15, -0.1) is 0 Å². The molecule has 0 radical (unpaired) electrons. The van der Waals surface area contributed by atoms with Gasteiger partial charge in [-0.1, -0.05) is 48.2 Å². The topological polar surface area (TPSA) is 15.3 Å². The van der Waals surface area contributed by atoms with Crippen LogP contribution in [0.15, 0.2) is 76.5 Å². The number of halogens is 1. The zero-order valence-electron chi connectivity index (χ0n) is 16.0. The van der Waals surface area contributed by atoms with E-state index in [1.165, 1.54) is 33.1 Å². The summed E-state index contributed by atoms with van der Waals surface area (Å²) in [4.78, 5) is 4.64. The predicted octanol–water partition coefficient (Wildman–Crippen LogP) is 5.96. The summed E-state index contributed by atoms with van der Waals surface area (Å²) in [5, 5.41) is 3.52. The second kappa shape index (κ2) is 9.07. The standard InChI is InChI=1S/C23H25FN2S/c1-17-8-13-23(27-22-7-5-4-6-19(22)16-26(2)3)21(14-17)25-15-18-9-11-20(24)12-10-18/h4-14,25H,15-16H2,1-3H3. The van der Waals surface area contributed by atoms with Gasteiger partial charge in [0.25, 0.3) is 0 Å². The van der Waals surface area contributed by atoms with E-state index in [0.717, 1.165) is 17.8 Å². The summed E-state index contributed by atoms with van der Waals surface area (Å²) in [5.74, 6) is -0.206. The molecule has 0 spiro atoms. The Morgan fingerprint density at radius 1 is 0.926 bits per heavy atom. The summed E-state index contributed by atoms with van der Waals surface area (Å²) in [6, 6.07) is 21.6. The lowest BCUT2D eigenvalue weighted by Crippen LogP contribution is -2.11. The third kappa shape index (κ3) is 5.59. The first-order chi connectivity index (χ1) is 13.0. The van der Waals surface area contributed by atoms with Gasteiger partial charge in [-0.05, 0) is 68.0 Å². The van der Waals surface area contributed by atoms with Crippen molar-refractivity contribution in [3.8, 4) is 0 Å². The Hall–Kier alpha value is -2.30. The third-order valence-corrected chi connectivity index (χ3v) is 5.40. The van der Waals surface area contributed by atoms with Gasteiger partial charge in [0.1, 0.15) is 5.82 Å². The van der Waals surface area contributed by atoms with Gasteiger partial charge in [-0.2, -0.15) is 0 Å². The minimum Gasteiger partial charge on any atom is -0.380 e. The van der Waals surface area contributed by atoms with Crippen LogP contribution in [-0.4, -0.2) is 19.0 Å². The van der Waals surface area contributed by atoms with Crippen molar-refractivity contribution in [1.29, 1.82) is 0 Å². The minimum absolute atomic E-state index is 0.206. The van der Waals surface area contributed by atoms with E-state index in [2.05, 4.69) is 73.7 Å². The highest BCUT2D eigenvalue weighted by atomic mass is 32.2. The van der Waals surface area contributed by atoms with Gasteiger partial charge >= 0.3 is 0 Å². The maximum Gasteiger partial charge on any atom is 0.123 e. The molecule has 0 saturated heterocycles. The second-order valence-corrected chi connectivity index (χ2v) is 8.01. The van der Waals surface area contributed by atoms with E-state index in [0.29, 0.717) is 6.54 Å². The molecule has 0 fully saturated rings. The van der Waals surface area contributed by atoms with Crippen LogP contribution in [0.2, 0.25) is 0 Å². The van der Waals surface area contributed by atoms with Crippen LogP contribution in [0.1, 0.15) is 16.7 Å². The van der Waals surface area contributed by atoms with Gasteiger partial charge < -0.3 is 10.2 Å². The molecule has 0 bridgehead atoms. The van der Waals surface area contributed by atoms with E-state index in [9.17, 15) is 4.39 Å². The molecule has 0 aliphatic rings. The number of nitrogens with zero attached hydrogens (tertiary/aromatic N) is 1. The summed E-state index contributed by atoms with van der Waals surface area (Å²) < 4.78 is 13.1. The fraction of sp³-hybridized carbons (Fsp3) is 0.217. The number of rotatable bonds is 7. The summed E-state index contributed by atoms with van der Waals surface area (Å²) in [5.41, 5.74) is 4.69. The molecule has 1 N–H and O–H groups in total. The highest BCUT2D eigenvalue weighted by molar-refractivity contribution is 7.99. The van der Waals surface area contributed by atoms with Crippen molar-refractivity contribution in [3.63, 3.8) is 0 Å². The largest absolute Gasteiger partial charge is 0.380 e. The van der Waals surface area contributed by atoms with Gasteiger partial charge in [0.2, 0.25) is 0 Å². The molecule has 3 aromatic carbocycles. The van der Waals surface area contributed by atoms with Crippen LogP contribution in [-0.2, 0) is 13.1 Å². The molecule has 0 atom stereocenters. The van der Waals surface area contributed by atoms with Gasteiger partial charge in [-0.25, -0.2) is 4.39 Å². The Morgan fingerprint density at radius 3 is 2.41 bits per heavy atom. The average molecular weight is 381 g/mol. The van der Waals surface area contributed by atoms with E-state index in [4.69, 9.17) is 0 Å². The summed E-state index contributed by atoms with van der Waals surface area (Å²) >= 11 is 1.78. The number of benzene rings is 3. The highest BCUT2D eigenvalue weighted by Gasteiger charge is 2.09. The lowest BCUT2D eigenvalue weighted by Gasteiger charge is -2.16. The first-order valence-electron chi connectivity index (χ1n) is 9.01. The van der Waals surface area contributed by atoms with Gasteiger partial charge in [0.15, 0.2) is 0 Å². The Bertz CT molecular complexity index is 891. The van der Waals surface area contributed by atoms with Crippen molar-refractivity contribution in [2.75, 3.05) is 19.4 Å². The molecule has 0 aliphatic heterocycles. The molecule has 2 nitrogen and oxygen atoms in total. The molecule has 0 heterocycles. The maximum absolute atomic E-state index is 13.1. The molecule has 4 heteroatoms. The van der Waals surface area contributed by atoms with Crippen molar-refractivity contribution in [2.45, 2.75) is 29.8 Å². The highest BCUT2D eigenvalue weighted by Crippen LogP contribution is 2.36. The van der Waals surface area contributed by atoms with E-state index < -0.39 is 0 Å². The van der Waals surface area contributed by atoms with Crippen molar-refractivity contribution in [2.24, 2.45) is 0 Å². The Balaban J connectivity index is 1.81. The second-order valence-electron chi connectivity index (χ2n) is 6.93. The van der Waals surface area contributed by atoms with Crippen LogP contribution < -0.4 is 5.32 Å². The molecular weight excluding hydrogens is 355 g/mol. The Kier molecular flexibility index (Phi) is 6.54. The molecule has 0 saturated carbocycles. The molecule has 27 heavy (non-hydrogen) atoms. The van der Waals surface area contributed by atoms with E-state index in [-0.39, 0.29) is 5.82 Å². The SMILES string of the molecule is Cc1ccc(Sc2ccccc2CN(C)C)c(NCc2ccc(F)cc2)c1. The van der Waals surface area contributed by atoms with Crippen LogP contribution in [0.5, 0.6) is 0 Å². The monoisotopic (exact) mass is 380 g/mol. The van der Waals surface area contributed by atoms with Gasteiger partial charge in [-0.3, -0.25) is 0 Å². The molecule has 0 aromatic heterocycles. The molecule has 0 unspecified atom stereocenters. The lowest BCUT2D eigenvalue weighted by atomic mass is 10.2. The molecular formula is C23H25FN2S. The zero-order valence-corrected chi connectivity index (χ0v) is 16.8. The van der Waals surface area contributed by atoms with E-state index >= 15 is 0 Å². The number of anilines is 1. The smallest absolute Gasteiger partial charge is 0.123 e. The third-order valence-electron chi connectivity index (χ3n) is 4.21. The number of hydrogen-bond donors (Lipinski definition) is 1. The van der Waals surface area contributed by atoms with Crippen molar-refractivity contribution in [3.05, 3.63) is 89.2 Å². The van der Waals surface area contributed by atoms with Crippen LogP contribution in [0.4, 0.5) is 10.1 Å². The molecule has 3 aromatic rings. The fourth-order valence-corrected chi connectivity index (χ4v) is 3.89. The zero-order chi connectivity index (χ0) is 19.2. The summed E-state index contributed by atoms with van der Waals surface area (Å²) in [6.45, 7) is 3.67. The lowest BCUT2D eigenvalue weighted by molar-refractivity contribution is 0.399. The van der Waals surface area contributed by atoms with Crippen molar-refractivity contribution in [1.82, 2.24) is 4.90 Å². The fourth-order valence-electron chi connectivity index (χ4n) is 2.86. The van der Waals surface area contributed by atoms with Crippen LogP contribution >= 0.6 is 11.8 Å². The molecule has 3 rings (SSSR count). The average Bonchev–Trinajstić information content (AvgIpc) is 2.64.